The van der Waals surface area contributed by atoms with Crippen molar-refractivity contribution in [2.45, 2.75) is 58.7 Å². The summed E-state index contributed by atoms with van der Waals surface area (Å²) < 4.78 is 0. The van der Waals surface area contributed by atoms with E-state index in [0.717, 1.165) is 22.0 Å². The van der Waals surface area contributed by atoms with E-state index < -0.39 is 6.04 Å². The van der Waals surface area contributed by atoms with Crippen molar-refractivity contribution in [3.05, 3.63) is 76.8 Å². The molecule has 0 unspecified atom stereocenters. The van der Waals surface area contributed by atoms with Gasteiger partial charge in [-0.1, -0.05) is 61.0 Å². The first-order valence-electron chi connectivity index (χ1n) is 12.5. The van der Waals surface area contributed by atoms with Gasteiger partial charge in [0.05, 0.1) is 5.69 Å². The zero-order chi connectivity index (χ0) is 25.8. The van der Waals surface area contributed by atoms with E-state index in [4.69, 9.17) is 11.6 Å². The van der Waals surface area contributed by atoms with Crippen molar-refractivity contribution in [1.29, 1.82) is 0 Å². The van der Waals surface area contributed by atoms with E-state index in [-0.39, 0.29) is 36.7 Å². The Morgan fingerprint density at radius 3 is 2.44 bits per heavy atom. The number of carbonyl (C=O) groups excluding carboxylic acids is 3. The fraction of sp³-hybridized carbons (Fsp3) is 0.345. The highest BCUT2D eigenvalue weighted by Crippen LogP contribution is 2.37. The zero-order valence-corrected chi connectivity index (χ0v) is 21.7. The van der Waals surface area contributed by atoms with Gasteiger partial charge in [0.15, 0.2) is 0 Å². The van der Waals surface area contributed by atoms with Crippen molar-refractivity contribution in [2.75, 3.05) is 11.4 Å². The summed E-state index contributed by atoms with van der Waals surface area (Å²) in [5, 5.41) is 5.50. The first-order valence-corrected chi connectivity index (χ1v) is 12.9. The number of hydrogen-bond donors (Lipinski definition) is 1. The minimum atomic E-state index is -0.609. The van der Waals surface area contributed by atoms with Crippen molar-refractivity contribution < 1.29 is 14.4 Å². The molecule has 0 saturated heterocycles. The van der Waals surface area contributed by atoms with E-state index in [9.17, 15) is 14.4 Å². The van der Waals surface area contributed by atoms with Crippen LogP contribution in [0.3, 0.4) is 0 Å². The summed E-state index contributed by atoms with van der Waals surface area (Å²) in [6, 6.07) is 18.4. The number of carbonyl (C=O) groups is 3. The summed E-state index contributed by atoms with van der Waals surface area (Å²) in [5.74, 6) is -0.349. The number of benzene rings is 3. The molecule has 3 aromatic rings. The molecule has 0 radical (unpaired) electrons. The molecule has 3 amide bonds. The smallest absolute Gasteiger partial charge is 0.258 e. The SMILES string of the molecule is CC[C@@H](C(=O)NC(C)C)N(Cc1ccccc1Cl)C(=O)CCCN1C(=O)c2cccc3cccc1c23. The van der Waals surface area contributed by atoms with Crippen LogP contribution in [-0.4, -0.2) is 41.2 Å². The normalized spacial score (nSPS) is 13.4. The van der Waals surface area contributed by atoms with Crippen LogP contribution in [0.25, 0.3) is 10.8 Å². The lowest BCUT2D eigenvalue weighted by atomic mass is 10.1. The van der Waals surface area contributed by atoms with Crippen LogP contribution < -0.4 is 10.2 Å². The van der Waals surface area contributed by atoms with Crippen LogP contribution in [0, 0.1) is 0 Å². The molecule has 0 spiro atoms. The highest BCUT2D eigenvalue weighted by atomic mass is 35.5. The van der Waals surface area contributed by atoms with Crippen LogP contribution in [0.4, 0.5) is 5.69 Å². The van der Waals surface area contributed by atoms with E-state index in [1.807, 2.05) is 75.4 Å². The molecule has 188 valence electrons. The molecule has 1 heterocycles. The van der Waals surface area contributed by atoms with Crippen LogP contribution in [0.15, 0.2) is 60.7 Å². The molecule has 6 nitrogen and oxygen atoms in total. The summed E-state index contributed by atoms with van der Waals surface area (Å²) >= 11 is 6.39. The monoisotopic (exact) mass is 505 g/mol. The average Bonchev–Trinajstić information content (AvgIpc) is 3.12. The van der Waals surface area contributed by atoms with Gasteiger partial charge in [-0.25, -0.2) is 0 Å². The molecular weight excluding hydrogens is 474 g/mol. The van der Waals surface area contributed by atoms with Gasteiger partial charge in [-0.05, 0) is 55.8 Å². The second-order valence-corrected chi connectivity index (χ2v) is 9.85. The fourth-order valence-corrected chi connectivity index (χ4v) is 5.04. The van der Waals surface area contributed by atoms with E-state index in [0.29, 0.717) is 30.0 Å². The van der Waals surface area contributed by atoms with Crippen LogP contribution >= 0.6 is 11.6 Å². The molecule has 0 aromatic heterocycles. The van der Waals surface area contributed by atoms with Gasteiger partial charge in [0.1, 0.15) is 6.04 Å². The average molecular weight is 506 g/mol. The number of hydrogen-bond acceptors (Lipinski definition) is 3. The summed E-state index contributed by atoms with van der Waals surface area (Å²) in [5.41, 5.74) is 2.38. The molecule has 0 bridgehead atoms. The number of halogens is 1. The third-order valence-corrected chi connectivity index (χ3v) is 6.91. The first kappa shape index (κ1) is 25.7. The topological polar surface area (TPSA) is 69.7 Å². The van der Waals surface area contributed by atoms with Gasteiger partial charge in [-0.15, -0.1) is 0 Å². The van der Waals surface area contributed by atoms with Crippen molar-refractivity contribution in [3.63, 3.8) is 0 Å². The predicted molar refractivity (Wildman–Crippen MR) is 144 cm³/mol. The summed E-state index contributed by atoms with van der Waals surface area (Å²) in [7, 11) is 0. The second kappa shape index (κ2) is 11.1. The lowest BCUT2D eigenvalue weighted by molar-refractivity contribution is -0.141. The molecule has 0 saturated carbocycles. The van der Waals surface area contributed by atoms with Gasteiger partial charge in [0, 0.05) is 41.5 Å². The Bertz CT molecular complexity index is 1280. The minimum Gasteiger partial charge on any atom is -0.352 e. The zero-order valence-electron chi connectivity index (χ0n) is 21.0. The Morgan fingerprint density at radius 2 is 1.75 bits per heavy atom. The number of nitrogens with one attached hydrogen (secondary N) is 1. The second-order valence-electron chi connectivity index (χ2n) is 9.44. The predicted octanol–water partition coefficient (Wildman–Crippen LogP) is 5.57. The molecule has 1 N–H and O–H groups in total. The van der Waals surface area contributed by atoms with Gasteiger partial charge in [-0.3, -0.25) is 14.4 Å². The molecule has 1 atom stereocenters. The molecular formula is C29H32ClN3O3. The maximum absolute atomic E-state index is 13.5. The molecule has 1 aliphatic heterocycles. The van der Waals surface area contributed by atoms with Crippen molar-refractivity contribution in [3.8, 4) is 0 Å². The van der Waals surface area contributed by atoms with E-state index >= 15 is 0 Å². The van der Waals surface area contributed by atoms with Gasteiger partial charge in [0.25, 0.3) is 5.91 Å². The molecule has 7 heteroatoms. The van der Waals surface area contributed by atoms with E-state index in [2.05, 4.69) is 5.32 Å². The molecule has 3 aromatic carbocycles. The highest BCUT2D eigenvalue weighted by molar-refractivity contribution is 6.31. The Labute approximate surface area is 217 Å². The largest absolute Gasteiger partial charge is 0.352 e. The summed E-state index contributed by atoms with van der Waals surface area (Å²) in [4.78, 5) is 42.9. The number of rotatable bonds is 10. The van der Waals surface area contributed by atoms with Crippen LogP contribution in [0.1, 0.15) is 56.0 Å². The molecule has 0 fully saturated rings. The molecule has 36 heavy (non-hydrogen) atoms. The number of nitrogens with zero attached hydrogens (tertiary/aromatic N) is 2. The minimum absolute atomic E-state index is 0.0330. The maximum atomic E-state index is 13.5. The van der Waals surface area contributed by atoms with Crippen molar-refractivity contribution in [2.24, 2.45) is 0 Å². The van der Waals surface area contributed by atoms with Crippen LogP contribution in [0.5, 0.6) is 0 Å². The highest BCUT2D eigenvalue weighted by Gasteiger charge is 2.31. The van der Waals surface area contributed by atoms with Gasteiger partial charge in [0.2, 0.25) is 11.8 Å². The maximum Gasteiger partial charge on any atom is 0.258 e. The van der Waals surface area contributed by atoms with E-state index in [1.54, 1.807) is 15.9 Å². The van der Waals surface area contributed by atoms with Crippen LogP contribution in [0.2, 0.25) is 5.02 Å². The fourth-order valence-electron chi connectivity index (χ4n) is 4.84. The Kier molecular flexibility index (Phi) is 7.94. The van der Waals surface area contributed by atoms with Gasteiger partial charge in [-0.2, -0.15) is 0 Å². The van der Waals surface area contributed by atoms with Gasteiger partial charge >= 0.3 is 0 Å². The number of anilines is 1. The first-order chi connectivity index (χ1) is 17.3. The third kappa shape index (κ3) is 5.24. The van der Waals surface area contributed by atoms with Gasteiger partial charge < -0.3 is 15.1 Å². The lowest BCUT2D eigenvalue weighted by Gasteiger charge is -2.31. The summed E-state index contributed by atoms with van der Waals surface area (Å²) in [6.07, 6.45) is 1.18. The number of amides is 3. The van der Waals surface area contributed by atoms with E-state index in [1.165, 1.54) is 0 Å². The van der Waals surface area contributed by atoms with Crippen molar-refractivity contribution >= 4 is 45.8 Å². The molecule has 1 aliphatic rings. The quantitative estimate of drug-likeness (QED) is 0.392. The van der Waals surface area contributed by atoms with Crippen molar-refractivity contribution in [1.82, 2.24) is 10.2 Å². The standard InChI is InChI=1S/C29H32ClN3O3/c1-4-24(28(35)31-19(2)3)33(18-21-10-5-6-14-23(21)30)26(34)16-9-17-32-25-15-8-12-20-11-7-13-22(27(20)25)29(32)36/h5-8,10-15,19,24H,4,9,16-18H2,1-3H3,(H,31,35)/t24-/m0/s1. The summed E-state index contributed by atoms with van der Waals surface area (Å²) in [6.45, 7) is 6.37. The molecule has 0 aliphatic carbocycles. The third-order valence-electron chi connectivity index (χ3n) is 6.54. The Morgan fingerprint density at radius 1 is 1.03 bits per heavy atom. The van der Waals surface area contributed by atoms with Crippen LogP contribution in [-0.2, 0) is 16.1 Å². The molecule has 4 rings (SSSR count). The Balaban J connectivity index is 1.50. The lowest BCUT2D eigenvalue weighted by Crippen LogP contribution is -2.50. The Hall–Kier alpha value is -3.38.